The summed E-state index contributed by atoms with van der Waals surface area (Å²) in [6.45, 7) is 12.3. The fourth-order valence-corrected chi connectivity index (χ4v) is 2.28. The van der Waals surface area contributed by atoms with Gasteiger partial charge in [0.25, 0.3) is 0 Å². The molecule has 0 aliphatic carbocycles. The van der Waals surface area contributed by atoms with Crippen LogP contribution in [0.5, 0.6) is 0 Å². The Hall–Kier alpha value is -1.84. The molecule has 1 rings (SSSR count). The number of nitrogens with one attached hydrogen (secondary N) is 1. The lowest BCUT2D eigenvalue weighted by Gasteiger charge is -2.30. The molecule has 1 N–H and O–H groups in total. The van der Waals surface area contributed by atoms with E-state index < -0.39 is 5.41 Å². The number of hydrogen-bond donors (Lipinski definition) is 1. The van der Waals surface area contributed by atoms with Crippen LogP contribution in [-0.2, 0) is 9.59 Å². The van der Waals surface area contributed by atoms with Crippen molar-refractivity contribution in [3.63, 3.8) is 0 Å². The number of hydrogen-bond acceptors (Lipinski definition) is 2. The summed E-state index contributed by atoms with van der Waals surface area (Å²) in [5.74, 6) is -0.409. The van der Waals surface area contributed by atoms with Gasteiger partial charge in [0.2, 0.25) is 11.8 Å². The Morgan fingerprint density at radius 2 is 1.57 bits per heavy atom. The number of carbonyl (C=O) groups excluding carboxylic acids is 2. The molecule has 21 heavy (non-hydrogen) atoms. The number of para-hydroxylation sites is 1. The van der Waals surface area contributed by atoms with Crippen molar-refractivity contribution in [3.05, 3.63) is 29.3 Å². The molecule has 0 fully saturated rings. The summed E-state index contributed by atoms with van der Waals surface area (Å²) < 4.78 is 0. The van der Waals surface area contributed by atoms with Gasteiger partial charge in [0, 0.05) is 18.8 Å². The minimum absolute atomic E-state index is 0.142. The number of benzene rings is 1. The van der Waals surface area contributed by atoms with Crippen LogP contribution in [0.25, 0.3) is 0 Å². The molecule has 0 aliphatic rings. The van der Waals surface area contributed by atoms with Gasteiger partial charge in [0.15, 0.2) is 0 Å². The highest BCUT2D eigenvalue weighted by Crippen LogP contribution is 2.25. The van der Waals surface area contributed by atoms with Gasteiger partial charge in [-0.3, -0.25) is 9.59 Å². The van der Waals surface area contributed by atoms with Gasteiger partial charge in [0.1, 0.15) is 5.41 Å². The number of amides is 2. The highest BCUT2D eigenvalue weighted by molar-refractivity contribution is 6.10. The van der Waals surface area contributed by atoms with Crippen molar-refractivity contribution in [2.45, 2.75) is 41.5 Å². The molecule has 0 atom stereocenters. The maximum atomic E-state index is 12.6. The molecule has 0 saturated heterocycles. The molecule has 0 heterocycles. The first-order valence-corrected chi connectivity index (χ1v) is 7.42. The predicted octanol–water partition coefficient (Wildman–Crippen LogP) is 3.14. The Morgan fingerprint density at radius 1 is 1.10 bits per heavy atom. The number of carbonyl (C=O) groups is 2. The molecule has 4 heteroatoms. The Balaban J connectivity index is 2.99. The van der Waals surface area contributed by atoms with Crippen LogP contribution in [0.15, 0.2) is 18.2 Å². The van der Waals surface area contributed by atoms with Gasteiger partial charge in [-0.05, 0) is 52.7 Å². The van der Waals surface area contributed by atoms with E-state index in [1.165, 1.54) is 0 Å². The lowest BCUT2D eigenvalue weighted by Crippen LogP contribution is -2.47. The second kappa shape index (κ2) is 6.74. The van der Waals surface area contributed by atoms with E-state index in [2.05, 4.69) is 5.32 Å². The summed E-state index contributed by atoms with van der Waals surface area (Å²) in [7, 11) is 0. The third-order valence-corrected chi connectivity index (χ3v) is 3.87. The molecular weight excluding hydrogens is 264 g/mol. The van der Waals surface area contributed by atoms with Crippen LogP contribution in [0.4, 0.5) is 5.69 Å². The minimum Gasteiger partial charge on any atom is -0.342 e. The van der Waals surface area contributed by atoms with E-state index >= 15 is 0 Å². The maximum Gasteiger partial charge on any atom is 0.239 e. The van der Waals surface area contributed by atoms with Gasteiger partial charge < -0.3 is 10.2 Å². The molecule has 1 aromatic rings. The van der Waals surface area contributed by atoms with Crippen molar-refractivity contribution in [1.29, 1.82) is 0 Å². The summed E-state index contributed by atoms with van der Waals surface area (Å²) >= 11 is 0. The lowest BCUT2D eigenvalue weighted by molar-refractivity contribution is -0.146. The Kier molecular flexibility index (Phi) is 5.53. The molecule has 0 spiro atoms. The smallest absolute Gasteiger partial charge is 0.239 e. The van der Waals surface area contributed by atoms with Crippen molar-refractivity contribution in [2.24, 2.45) is 5.41 Å². The molecule has 116 valence electrons. The first-order valence-electron chi connectivity index (χ1n) is 7.42. The SMILES string of the molecule is CCN(CC)C(=O)C(C)(C)C(=O)Nc1c(C)cccc1C. The molecule has 0 unspecified atom stereocenters. The molecule has 4 nitrogen and oxygen atoms in total. The highest BCUT2D eigenvalue weighted by Gasteiger charge is 2.38. The molecular formula is C17H26N2O2. The predicted molar refractivity (Wildman–Crippen MR) is 86.3 cm³/mol. The largest absolute Gasteiger partial charge is 0.342 e. The summed E-state index contributed by atoms with van der Waals surface area (Å²) in [6, 6.07) is 5.84. The highest BCUT2D eigenvalue weighted by atomic mass is 16.2. The Labute approximate surface area is 127 Å². The second-order valence-corrected chi connectivity index (χ2v) is 5.82. The van der Waals surface area contributed by atoms with E-state index in [0.717, 1.165) is 16.8 Å². The van der Waals surface area contributed by atoms with Gasteiger partial charge in [-0.1, -0.05) is 18.2 Å². The first-order chi connectivity index (χ1) is 9.75. The number of rotatable bonds is 5. The average molecular weight is 290 g/mol. The van der Waals surface area contributed by atoms with Crippen LogP contribution in [0.1, 0.15) is 38.8 Å². The summed E-state index contributed by atoms with van der Waals surface area (Å²) in [4.78, 5) is 26.7. The normalized spacial score (nSPS) is 11.1. The fraction of sp³-hybridized carbons (Fsp3) is 0.529. The monoisotopic (exact) mass is 290 g/mol. The van der Waals surface area contributed by atoms with Crippen LogP contribution in [-0.4, -0.2) is 29.8 Å². The molecule has 0 bridgehead atoms. The van der Waals surface area contributed by atoms with Crippen LogP contribution < -0.4 is 5.32 Å². The summed E-state index contributed by atoms with van der Waals surface area (Å²) in [5, 5.41) is 2.92. The van der Waals surface area contributed by atoms with Gasteiger partial charge >= 0.3 is 0 Å². The Bertz CT molecular complexity index is 511. The third-order valence-electron chi connectivity index (χ3n) is 3.87. The molecule has 2 amide bonds. The zero-order valence-corrected chi connectivity index (χ0v) is 13.9. The van der Waals surface area contributed by atoms with E-state index in [9.17, 15) is 9.59 Å². The third kappa shape index (κ3) is 3.63. The molecule has 0 radical (unpaired) electrons. The van der Waals surface area contributed by atoms with E-state index in [4.69, 9.17) is 0 Å². The zero-order chi connectivity index (χ0) is 16.2. The quantitative estimate of drug-likeness (QED) is 0.847. The molecule has 0 aliphatic heterocycles. The maximum absolute atomic E-state index is 12.6. The van der Waals surface area contributed by atoms with E-state index in [0.29, 0.717) is 13.1 Å². The standard InChI is InChI=1S/C17H26N2O2/c1-7-19(8-2)16(21)17(5,6)15(20)18-14-12(3)10-9-11-13(14)4/h9-11H,7-8H2,1-6H3,(H,18,20). The van der Waals surface area contributed by atoms with Gasteiger partial charge in [-0.2, -0.15) is 0 Å². The fourth-order valence-electron chi connectivity index (χ4n) is 2.28. The van der Waals surface area contributed by atoms with Gasteiger partial charge in [-0.15, -0.1) is 0 Å². The number of nitrogens with zero attached hydrogens (tertiary/aromatic N) is 1. The van der Waals surface area contributed by atoms with Crippen LogP contribution in [0.3, 0.4) is 0 Å². The van der Waals surface area contributed by atoms with Crippen molar-refractivity contribution in [1.82, 2.24) is 4.90 Å². The van der Waals surface area contributed by atoms with Crippen molar-refractivity contribution >= 4 is 17.5 Å². The average Bonchev–Trinajstić information content (AvgIpc) is 2.43. The summed E-state index contributed by atoms with van der Waals surface area (Å²) in [6.07, 6.45) is 0. The van der Waals surface area contributed by atoms with Crippen LogP contribution >= 0.6 is 0 Å². The van der Waals surface area contributed by atoms with Gasteiger partial charge in [-0.25, -0.2) is 0 Å². The number of aryl methyl sites for hydroxylation is 2. The van der Waals surface area contributed by atoms with E-state index in [1.54, 1.807) is 18.7 Å². The molecule has 0 aromatic heterocycles. The topological polar surface area (TPSA) is 49.4 Å². The van der Waals surface area contributed by atoms with E-state index in [-0.39, 0.29) is 11.8 Å². The lowest BCUT2D eigenvalue weighted by atomic mass is 9.89. The van der Waals surface area contributed by atoms with Gasteiger partial charge in [0.05, 0.1) is 0 Å². The van der Waals surface area contributed by atoms with Crippen molar-refractivity contribution in [2.75, 3.05) is 18.4 Å². The number of anilines is 1. The molecule has 0 saturated carbocycles. The first kappa shape index (κ1) is 17.2. The van der Waals surface area contributed by atoms with Crippen LogP contribution in [0.2, 0.25) is 0 Å². The summed E-state index contributed by atoms with van der Waals surface area (Å²) in [5.41, 5.74) is 1.70. The molecule has 1 aromatic carbocycles. The van der Waals surface area contributed by atoms with Crippen LogP contribution in [0, 0.1) is 19.3 Å². The zero-order valence-electron chi connectivity index (χ0n) is 13.9. The van der Waals surface area contributed by atoms with E-state index in [1.807, 2.05) is 45.9 Å². The second-order valence-electron chi connectivity index (χ2n) is 5.82. The van der Waals surface area contributed by atoms with Crippen molar-refractivity contribution in [3.8, 4) is 0 Å². The van der Waals surface area contributed by atoms with Crippen molar-refractivity contribution < 1.29 is 9.59 Å². The minimum atomic E-state index is -1.08. The Morgan fingerprint density at radius 3 is 2.00 bits per heavy atom.